The fourth-order valence-corrected chi connectivity index (χ4v) is 2.81. The molecule has 0 heterocycles. The van der Waals surface area contributed by atoms with E-state index < -0.39 is 6.04 Å². The van der Waals surface area contributed by atoms with Crippen molar-refractivity contribution in [3.8, 4) is 11.5 Å². The third-order valence-corrected chi connectivity index (χ3v) is 4.33. The molecule has 28 heavy (non-hydrogen) atoms. The summed E-state index contributed by atoms with van der Waals surface area (Å²) in [5, 5.41) is 11.0. The number of nitro groups is 1. The van der Waals surface area contributed by atoms with Gasteiger partial charge in [0.1, 0.15) is 24.7 Å². The molecule has 0 saturated heterocycles. The Hall–Kier alpha value is -3.34. The SMILES string of the molecule is CC(Cc1cc(OCc2ccccc2)cc(OCc2ccccc2)c1)[N+](=O)[O-]. The Bertz CT molecular complexity index is 835. The van der Waals surface area contributed by atoms with Gasteiger partial charge in [0.2, 0.25) is 6.04 Å². The highest BCUT2D eigenvalue weighted by atomic mass is 16.6. The van der Waals surface area contributed by atoms with Crippen LogP contribution in [0.15, 0.2) is 78.9 Å². The van der Waals surface area contributed by atoms with E-state index >= 15 is 0 Å². The van der Waals surface area contributed by atoms with Crippen LogP contribution in [-0.2, 0) is 19.6 Å². The Balaban J connectivity index is 1.75. The first kappa shape index (κ1) is 19.4. The molecule has 0 aliphatic heterocycles. The van der Waals surface area contributed by atoms with Crippen LogP contribution >= 0.6 is 0 Å². The fraction of sp³-hybridized carbons (Fsp3) is 0.217. The summed E-state index contributed by atoms with van der Waals surface area (Å²) in [5.41, 5.74) is 2.93. The molecule has 3 aromatic carbocycles. The minimum atomic E-state index is -0.675. The molecule has 3 rings (SSSR count). The van der Waals surface area contributed by atoms with Crippen LogP contribution in [0.4, 0.5) is 0 Å². The van der Waals surface area contributed by atoms with E-state index in [9.17, 15) is 10.1 Å². The van der Waals surface area contributed by atoms with Crippen molar-refractivity contribution in [2.24, 2.45) is 0 Å². The summed E-state index contributed by atoms with van der Waals surface area (Å²) in [4.78, 5) is 10.8. The van der Waals surface area contributed by atoms with Crippen LogP contribution in [-0.4, -0.2) is 11.0 Å². The van der Waals surface area contributed by atoms with Crippen LogP contribution in [0.2, 0.25) is 0 Å². The third-order valence-electron chi connectivity index (χ3n) is 4.33. The smallest absolute Gasteiger partial charge is 0.214 e. The topological polar surface area (TPSA) is 61.6 Å². The molecule has 0 aliphatic rings. The number of ether oxygens (including phenoxy) is 2. The molecule has 144 valence electrons. The van der Waals surface area contributed by atoms with Gasteiger partial charge in [-0.3, -0.25) is 10.1 Å². The van der Waals surface area contributed by atoms with Crippen LogP contribution in [0.25, 0.3) is 0 Å². The van der Waals surface area contributed by atoms with Crippen molar-refractivity contribution in [1.29, 1.82) is 0 Å². The summed E-state index contributed by atoms with van der Waals surface area (Å²) in [6.07, 6.45) is 0.317. The van der Waals surface area contributed by atoms with Crippen molar-refractivity contribution in [3.63, 3.8) is 0 Å². The fourth-order valence-electron chi connectivity index (χ4n) is 2.81. The maximum Gasteiger partial charge on any atom is 0.214 e. The minimum absolute atomic E-state index is 0.276. The second-order valence-corrected chi connectivity index (χ2v) is 6.70. The van der Waals surface area contributed by atoms with Gasteiger partial charge < -0.3 is 9.47 Å². The molecular formula is C23H23NO4. The van der Waals surface area contributed by atoms with E-state index in [0.29, 0.717) is 31.1 Å². The minimum Gasteiger partial charge on any atom is -0.489 e. The molecule has 3 aromatic rings. The Morgan fingerprint density at radius 2 is 1.25 bits per heavy atom. The number of hydrogen-bond donors (Lipinski definition) is 0. The maximum absolute atomic E-state index is 11.0. The van der Waals surface area contributed by atoms with Gasteiger partial charge in [0.25, 0.3) is 0 Å². The molecule has 5 heteroatoms. The summed E-state index contributed by atoms with van der Waals surface area (Å²) in [5.74, 6) is 1.28. The standard InChI is InChI=1S/C23H23NO4/c1-18(24(25)26)12-21-13-22(27-16-19-8-4-2-5-9-19)15-23(14-21)28-17-20-10-6-3-7-11-20/h2-11,13-15,18H,12,16-17H2,1H3. The molecule has 0 amide bonds. The molecule has 0 aliphatic carbocycles. The van der Waals surface area contributed by atoms with E-state index in [0.717, 1.165) is 16.7 Å². The second-order valence-electron chi connectivity index (χ2n) is 6.70. The summed E-state index contributed by atoms with van der Waals surface area (Å²) < 4.78 is 11.8. The number of nitrogens with zero attached hydrogens (tertiary/aromatic N) is 1. The van der Waals surface area contributed by atoms with E-state index in [1.807, 2.05) is 78.9 Å². The predicted molar refractivity (Wildman–Crippen MR) is 108 cm³/mol. The molecule has 0 fully saturated rings. The summed E-state index contributed by atoms with van der Waals surface area (Å²) in [6, 6.07) is 24.6. The molecule has 0 N–H and O–H groups in total. The zero-order valence-electron chi connectivity index (χ0n) is 15.8. The summed E-state index contributed by atoms with van der Waals surface area (Å²) in [7, 11) is 0. The first-order chi connectivity index (χ1) is 13.6. The predicted octanol–water partition coefficient (Wildman–Crippen LogP) is 5.05. The van der Waals surface area contributed by atoms with E-state index in [-0.39, 0.29) is 4.92 Å². The molecule has 0 radical (unpaired) electrons. The lowest BCUT2D eigenvalue weighted by Crippen LogP contribution is -2.17. The van der Waals surface area contributed by atoms with E-state index in [2.05, 4.69) is 0 Å². The Kier molecular flexibility index (Phi) is 6.63. The van der Waals surface area contributed by atoms with Gasteiger partial charge in [-0.05, 0) is 28.8 Å². The average Bonchev–Trinajstić information content (AvgIpc) is 2.72. The quantitative estimate of drug-likeness (QED) is 0.387. The zero-order valence-corrected chi connectivity index (χ0v) is 15.8. The largest absolute Gasteiger partial charge is 0.489 e. The van der Waals surface area contributed by atoms with Gasteiger partial charge in [-0.15, -0.1) is 0 Å². The maximum atomic E-state index is 11.0. The van der Waals surface area contributed by atoms with Crippen molar-refractivity contribution in [2.45, 2.75) is 32.6 Å². The third kappa shape index (κ3) is 5.84. The first-order valence-electron chi connectivity index (χ1n) is 9.21. The van der Waals surface area contributed by atoms with Crippen LogP contribution in [0.1, 0.15) is 23.6 Å². The molecule has 1 unspecified atom stereocenters. The van der Waals surface area contributed by atoms with Crippen LogP contribution in [0.3, 0.4) is 0 Å². The lowest BCUT2D eigenvalue weighted by molar-refractivity contribution is -0.517. The van der Waals surface area contributed by atoms with Crippen molar-refractivity contribution in [1.82, 2.24) is 0 Å². The van der Waals surface area contributed by atoms with Gasteiger partial charge in [0.15, 0.2) is 0 Å². The highest BCUT2D eigenvalue weighted by Gasteiger charge is 2.15. The molecule has 5 nitrogen and oxygen atoms in total. The zero-order chi connectivity index (χ0) is 19.8. The molecule has 0 bridgehead atoms. The Morgan fingerprint density at radius 1 is 0.786 bits per heavy atom. The van der Waals surface area contributed by atoms with Gasteiger partial charge in [-0.25, -0.2) is 0 Å². The number of hydrogen-bond acceptors (Lipinski definition) is 4. The summed E-state index contributed by atoms with van der Waals surface area (Å²) >= 11 is 0. The van der Waals surface area contributed by atoms with Crippen molar-refractivity contribution < 1.29 is 14.4 Å². The second kappa shape index (κ2) is 9.55. The Labute approximate surface area is 164 Å². The van der Waals surface area contributed by atoms with Gasteiger partial charge in [0, 0.05) is 24.3 Å². The van der Waals surface area contributed by atoms with Crippen molar-refractivity contribution in [2.75, 3.05) is 0 Å². The average molecular weight is 377 g/mol. The van der Waals surface area contributed by atoms with E-state index in [1.165, 1.54) is 0 Å². The van der Waals surface area contributed by atoms with Crippen LogP contribution < -0.4 is 9.47 Å². The first-order valence-corrected chi connectivity index (χ1v) is 9.21. The lowest BCUT2D eigenvalue weighted by Gasteiger charge is -2.13. The van der Waals surface area contributed by atoms with Gasteiger partial charge >= 0.3 is 0 Å². The lowest BCUT2D eigenvalue weighted by atomic mass is 10.1. The number of benzene rings is 3. The highest BCUT2D eigenvalue weighted by molar-refractivity contribution is 5.39. The van der Waals surface area contributed by atoms with Crippen LogP contribution in [0.5, 0.6) is 11.5 Å². The normalized spacial score (nSPS) is 11.6. The molecule has 0 spiro atoms. The molecular weight excluding hydrogens is 354 g/mol. The van der Waals surface area contributed by atoms with E-state index in [1.54, 1.807) is 6.92 Å². The summed E-state index contributed by atoms with van der Waals surface area (Å²) in [6.45, 7) is 2.45. The monoisotopic (exact) mass is 377 g/mol. The molecule has 0 saturated carbocycles. The van der Waals surface area contributed by atoms with Gasteiger partial charge in [-0.1, -0.05) is 60.7 Å². The number of rotatable bonds is 9. The van der Waals surface area contributed by atoms with Gasteiger partial charge in [0.05, 0.1) is 0 Å². The van der Waals surface area contributed by atoms with E-state index in [4.69, 9.17) is 9.47 Å². The van der Waals surface area contributed by atoms with Crippen LogP contribution in [0, 0.1) is 10.1 Å². The van der Waals surface area contributed by atoms with Crippen molar-refractivity contribution >= 4 is 0 Å². The molecule has 0 aromatic heterocycles. The Morgan fingerprint density at radius 3 is 1.68 bits per heavy atom. The highest BCUT2D eigenvalue weighted by Crippen LogP contribution is 2.26. The van der Waals surface area contributed by atoms with Gasteiger partial charge in [-0.2, -0.15) is 0 Å². The van der Waals surface area contributed by atoms with Crippen molar-refractivity contribution in [3.05, 3.63) is 106 Å². The molecule has 1 atom stereocenters.